The molecule has 1 aromatic carbocycles. The summed E-state index contributed by atoms with van der Waals surface area (Å²) in [5, 5.41) is 0. The van der Waals surface area contributed by atoms with E-state index in [1.54, 1.807) is 0 Å². The molecule has 1 amide bonds. The van der Waals surface area contributed by atoms with E-state index in [0.717, 1.165) is 5.92 Å². The maximum atomic E-state index is 12.8. The summed E-state index contributed by atoms with van der Waals surface area (Å²) in [6, 6.07) is 10.8. The van der Waals surface area contributed by atoms with E-state index < -0.39 is 0 Å². The molecule has 0 N–H and O–H groups in total. The topological polar surface area (TPSA) is 20.3 Å². The molecule has 2 fully saturated rings. The molecule has 0 saturated heterocycles. The molecular weight excluding hydrogens is 441 g/mol. The van der Waals surface area contributed by atoms with Crippen molar-refractivity contribution in [2.24, 2.45) is 0 Å². The average Bonchev–Trinajstić information content (AvgIpc) is 3.30. The third-order valence-electron chi connectivity index (χ3n) is 3.88. The van der Waals surface area contributed by atoms with Crippen molar-refractivity contribution < 1.29 is 21.9 Å². The predicted molar refractivity (Wildman–Crippen MR) is 110 cm³/mol. The van der Waals surface area contributed by atoms with Crippen LogP contribution in [-0.4, -0.2) is 37.8 Å². The second kappa shape index (κ2) is 13.0. The molecule has 0 heterocycles. The minimum atomic E-state index is 0. The van der Waals surface area contributed by atoms with Gasteiger partial charge in [0, 0.05) is 17.1 Å². The molecule has 27 heavy (non-hydrogen) atoms. The molecule has 2 aliphatic rings. The zero-order chi connectivity index (χ0) is 18.9. The molecule has 10 radical (unpaired) electrons. The first-order chi connectivity index (χ1) is 12.5. The standard InChI is InChI=1S/C18H22NOSe.C5H5.Fe/c1-13(2)19(14(3)4)18(20)16-11-8-12-17(16)21-15-9-6-5-7-10-15;1-2-4-5-3-1;/h5-14H,1-4H3;1-5H;. The van der Waals surface area contributed by atoms with E-state index in [4.69, 9.17) is 0 Å². The molecule has 0 bridgehead atoms. The van der Waals surface area contributed by atoms with E-state index in [1.807, 2.05) is 55.9 Å². The summed E-state index contributed by atoms with van der Waals surface area (Å²) >= 11 is 0.176. The molecule has 1 aromatic rings. The summed E-state index contributed by atoms with van der Waals surface area (Å²) in [6.07, 6.45) is 16.0. The summed E-state index contributed by atoms with van der Waals surface area (Å²) in [5.41, 5.74) is 0. The Morgan fingerprint density at radius 1 is 0.815 bits per heavy atom. The SMILES string of the molecule is CC(C)N(C(=O)[C]1[CH][CH][CH][C]1[Se]c1ccccc1)C(C)C.[CH]1[CH][CH][CH][CH]1.[Fe]. The first kappa shape index (κ1) is 24.8. The second-order valence-corrected chi connectivity index (χ2v) is 8.92. The van der Waals surface area contributed by atoms with E-state index in [-0.39, 0.29) is 50.0 Å². The zero-order valence-electron chi connectivity index (χ0n) is 16.3. The fraction of sp³-hybridized carbons (Fsp3) is 0.261. The van der Waals surface area contributed by atoms with Gasteiger partial charge in [0.1, 0.15) is 0 Å². The molecule has 2 aliphatic carbocycles. The maximum absolute atomic E-state index is 12.8. The summed E-state index contributed by atoms with van der Waals surface area (Å²) in [7, 11) is 0. The Hall–Kier alpha value is -0.271. The molecule has 2 saturated carbocycles. The number of nitrogens with zero attached hydrogens (tertiary/aromatic N) is 1. The van der Waals surface area contributed by atoms with E-state index in [0.29, 0.717) is 0 Å². The van der Waals surface area contributed by atoms with E-state index >= 15 is 0 Å². The van der Waals surface area contributed by atoms with Gasteiger partial charge >= 0.3 is 135 Å². The van der Waals surface area contributed by atoms with Crippen LogP contribution in [0.1, 0.15) is 27.7 Å². The Labute approximate surface area is 183 Å². The molecule has 2 nitrogen and oxygen atoms in total. The summed E-state index contributed by atoms with van der Waals surface area (Å²) in [4.78, 5) is 16.0. The number of amides is 1. The Kier molecular flexibility index (Phi) is 12.0. The fourth-order valence-electron chi connectivity index (χ4n) is 2.81. The van der Waals surface area contributed by atoms with Gasteiger partial charge in [-0.15, -0.1) is 0 Å². The van der Waals surface area contributed by atoms with Crippen LogP contribution in [0, 0.1) is 62.1 Å². The molecule has 0 aromatic heterocycles. The Morgan fingerprint density at radius 3 is 1.81 bits per heavy atom. The zero-order valence-corrected chi connectivity index (χ0v) is 19.1. The van der Waals surface area contributed by atoms with Crippen LogP contribution in [0.2, 0.25) is 0 Å². The molecular formula is C23H27FeNOSe. The van der Waals surface area contributed by atoms with Crippen LogP contribution >= 0.6 is 0 Å². The van der Waals surface area contributed by atoms with Gasteiger partial charge in [-0.05, 0) is 32.1 Å². The molecule has 0 spiro atoms. The maximum Gasteiger partial charge on any atom is 0 e. The molecule has 0 atom stereocenters. The van der Waals surface area contributed by atoms with Crippen molar-refractivity contribution in [1.82, 2.24) is 4.90 Å². The monoisotopic (exact) mass is 469 g/mol. The van der Waals surface area contributed by atoms with Crippen molar-refractivity contribution >= 4 is 25.3 Å². The predicted octanol–water partition coefficient (Wildman–Crippen LogP) is 3.41. The van der Waals surface area contributed by atoms with E-state index in [1.165, 1.54) is 9.28 Å². The number of carbonyl (C=O) groups excluding carboxylic acids is 1. The first-order valence-corrected chi connectivity index (χ1v) is 10.7. The normalized spacial score (nSPS) is 17.6. The minimum Gasteiger partial charge on any atom is -0.0312 e. The minimum absolute atomic E-state index is 0. The third kappa shape index (κ3) is 7.93. The number of hydrogen-bond acceptors (Lipinski definition) is 1. The van der Waals surface area contributed by atoms with Gasteiger partial charge in [-0.2, -0.15) is 0 Å². The van der Waals surface area contributed by atoms with Crippen LogP contribution in [-0.2, 0) is 21.9 Å². The van der Waals surface area contributed by atoms with Gasteiger partial charge < -0.3 is 0 Å². The fourth-order valence-corrected chi connectivity index (χ4v) is 4.82. The van der Waals surface area contributed by atoms with E-state index in [9.17, 15) is 4.79 Å². The summed E-state index contributed by atoms with van der Waals surface area (Å²) < 4.78 is 1.30. The Morgan fingerprint density at radius 2 is 1.33 bits per heavy atom. The number of hydrogen-bond donors (Lipinski definition) is 0. The average molecular weight is 468 g/mol. The first-order valence-electron chi connectivity index (χ1n) is 8.98. The summed E-state index contributed by atoms with van der Waals surface area (Å²) in [6.45, 7) is 8.29. The largest absolute Gasteiger partial charge is 0.0312 e. The van der Waals surface area contributed by atoms with Gasteiger partial charge in [-0.3, -0.25) is 0 Å². The molecule has 144 valence electrons. The number of benzene rings is 1. The molecule has 0 aliphatic heterocycles. The van der Waals surface area contributed by atoms with Crippen molar-refractivity contribution in [2.45, 2.75) is 39.8 Å². The van der Waals surface area contributed by atoms with E-state index in [2.05, 4.69) is 58.4 Å². The van der Waals surface area contributed by atoms with Gasteiger partial charge in [-0.25, -0.2) is 0 Å². The van der Waals surface area contributed by atoms with Crippen molar-refractivity contribution in [2.75, 3.05) is 0 Å². The molecule has 3 rings (SSSR count). The van der Waals surface area contributed by atoms with Crippen molar-refractivity contribution in [3.63, 3.8) is 0 Å². The van der Waals surface area contributed by atoms with Crippen molar-refractivity contribution in [3.05, 3.63) is 92.4 Å². The van der Waals surface area contributed by atoms with Gasteiger partial charge in [0.2, 0.25) is 0 Å². The van der Waals surface area contributed by atoms with Crippen LogP contribution in [0.3, 0.4) is 0 Å². The number of rotatable bonds is 5. The third-order valence-corrected chi connectivity index (χ3v) is 6.15. The summed E-state index contributed by atoms with van der Waals surface area (Å²) in [5.74, 6) is 1.01. The molecule has 4 heteroatoms. The van der Waals surface area contributed by atoms with Crippen LogP contribution in [0.15, 0.2) is 30.3 Å². The van der Waals surface area contributed by atoms with Gasteiger partial charge in [0.25, 0.3) is 0 Å². The van der Waals surface area contributed by atoms with Gasteiger partial charge in [-0.1, -0.05) is 0 Å². The van der Waals surface area contributed by atoms with Crippen LogP contribution < -0.4 is 4.46 Å². The van der Waals surface area contributed by atoms with Crippen LogP contribution in [0.5, 0.6) is 0 Å². The van der Waals surface area contributed by atoms with Gasteiger partial charge in [0.15, 0.2) is 0 Å². The van der Waals surface area contributed by atoms with Crippen molar-refractivity contribution in [1.29, 1.82) is 0 Å². The second-order valence-electron chi connectivity index (χ2n) is 6.58. The quantitative estimate of drug-likeness (QED) is 0.607. The Balaban J connectivity index is 0.000000526. The Bertz CT molecular complexity index is 515. The molecule has 0 unspecified atom stereocenters. The number of carbonyl (C=O) groups is 1. The van der Waals surface area contributed by atoms with Crippen LogP contribution in [0.25, 0.3) is 0 Å². The van der Waals surface area contributed by atoms with Crippen molar-refractivity contribution in [3.8, 4) is 0 Å². The smallest absolute Gasteiger partial charge is 0 e. The van der Waals surface area contributed by atoms with Gasteiger partial charge in [0.05, 0.1) is 0 Å². The van der Waals surface area contributed by atoms with Crippen LogP contribution in [0.4, 0.5) is 0 Å².